The van der Waals surface area contributed by atoms with Crippen LogP contribution >= 0.6 is 15.9 Å². The Morgan fingerprint density at radius 1 is 1.35 bits per heavy atom. The van der Waals surface area contributed by atoms with Gasteiger partial charge in [0.1, 0.15) is 10.3 Å². The van der Waals surface area contributed by atoms with Crippen molar-refractivity contribution in [3.8, 4) is 0 Å². The molecule has 0 amide bonds. The molecule has 1 aromatic rings. The number of anilines is 1. The highest BCUT2D eigenvalue weighted by atomic mass is 79.9. The summed E-state index contributed by atoms with van der Waals surface area (Å²) in [6, 6.07) is 1.18. The van der Waals surface area contributed by atoms with E-state index in [1.807, 2.05) is 0 Å². The van der Waals surface area contributed by atoms with E-state index in [0.29, 0.717) is 16.6 Å². The molecule has 2 aliphatic heterocycles. The van der Waals surface area contributed by atoms with Crippen LogP contribution in [0.2, 0.25) is 0 Å². The van der Waals surface area contributed by atoms with Gasteiger partial charge in [-0.1, -0.05) is 0 Å². The molecule has 2 fully saturated rings. The highest BCUT2D eigenvalue weighted by molar-refractivity contribution is 9.10. The van der Waals surface area contributed by atoms with Crippen LogP contribution in [-0.4, -0.2) is 35.1 Å². The predicted molar refractivity (Wildman–Crippen MR) is 69.3 cm³/mol. The number of rotatable bonds is 1. The van der Waals surface area contributed by atoms with Gasteiger partial charge < -0.3 is 15.2 Å². The molecular weight excluding hydrogens is 284 g/mol. The van der Waals surface area contributed by atoms with E-state index in [9.17, 15) is 4.79 Å². The number of nitrogens with one attached hydrogen (secondary N) is 2. The summed E-state index contributed by atoms with van der Waals surface area (Å²) < 4.78 is 0.540. The average Bonchev–Trinajstić information content (AvgIpc) is 2.63. The molecule has 2 N–H and O–H groups in total. The van der Waals surface area contributed by atoms with Gasteiger partial charge in [0.15, 0.2) is 0 Å². The molecule has 0 radical (unpaired) electrons. The van der Waals surface area contributed by atoms with Gasteiger partial charge in [0.2, 0.25) is 0 Å². The van der Waals surface area contributed by atoms with Gasteiger partial charge >= 0.3 is 0 Å². The van der Waals surface area contributed by atoms with Crippen LogP contribution in [0.5, 0.6) is 0 Å². The molecule has 2 bridgehead atoms. The van der Waals surface area contributed by atoms with Crippen LogP contribution in [0.3, 0.4) is 0 Å². The topological polar surface area (TPSA) is 61.0 Å². The van der Waals surface area contributed by atoms with E-state index in [2.05, 4.69) is 36.1 Å². The standard InChI is InChI=1S/C11H15BrN4O/c12-9-10(13-6-14-11(9)17)16-4-3-7-1-2-8(5-16)15-7/h6-8,15H,1-5H2,(H,13,14,17). The molecule has 92 valence electrons. The van der Waals surface area contributed by atoms with Crippen LogP contribution in [-0.2, 0) is 0 Å². The van der Waals surface area contributed by atoms with Crippen LogP contribution in [0.15, 0.2) is 15.6 Å². The second-order valence-electron chi connectivity index (χ2n) is 4.74. The molecule has 2 saturated heterocycles. The molecule has 0 spiro atoms. The Morgan fingerprint density at radius 2 is 2.18 bits per heavy atom. The Bertz CT molecular complexity index is 475. The van der Waals surface area contributed by atoms with Crippen LogP contribution in [0.25, 0.3) is 0 Å². The van der Waals surface area contributed by atoms with Crippen molar-refractivity contribution in [3.05, 3.63) is 21.2 Å². The summed E-state index contributed by atoms with van der Waals surface area (Å²) in [5.41, 5.74) is -0.114. The molecule has 3 rings (SSSR count). The zero-order chi connectivity index (χ0) is 11.8. The maximum atomic E-state index is 11.5. The van der Waals surface area contributed by atoms with Crippen LogP contribution in [0.1, 0.15) is 19.3 Å². The Balaban J connectivity index is 1.88. The van der Waals surface area contributed by atoms with E-state index < -0.39 is 0 Å². The minimum atomic E-state index is -0.114. The first kappa shape index (κ1) is 11.2. The third kappa shape index (κ3) is 2.11. The molecule has 0 aliphatic carbocycles. The highest BCUT2D eigenvalue weighted by Crippen LogP contribution is 2.26. The van der Waals surface area contributed by atoms with Crippen LogP contribution in [0.4, 0.5) is 5.82 Å². The molecule has 17 heavy (non-hydrogen) atoms. The molecule has 5 nitrogen and oxygen atoms in total. The average molecular weight is 299 g/mol. The van der Waals surface area contributed by atoms with Gasteiger partial charge in [0.05, 0.1) is 6.33 Å². The Labute approximate surface area is 108 Å². The summed E-state index contributed by atoms with van der Waals surface area (Å²) in [5.74, 6) is 0.767. The summed E-state index contributed by atoms with van der Waals surface area (Å²) in [7, 11) is 0. The molecule has 2 atom stereocenters. The van der Waals surface area contributed by atoms with E-state index in [1.165, 1.54) is 19.2 Å². The molecule has 1 aromatic heterocycles. The van der Waals surface area contributed by atoms with E-state index in [4.69, 9.17) is 0 Å². The molecule has 2 aliphatic rings. The lowest BCUT2D eigenvalue weighted by molar-refractivity contribution is 0.563. The van der Waals surface area contributed by atoms with Crippen molar-refractivity contribution >= 4 is 21.7 Å². The quantitative estimate of drug-likeness (QED) is 0.807. The van der Waals surface area contributed by atoms with Gasteiger partial charge in [-0.2, -0.15) is 0 Å². The number of H-pyrrole nitrogens is 1. The Kier molecular flexibility index (Phi) is 2.92. The van der Waals surface area contributed by atoms with Crippen LogP contribution in [0, 0.1) is 0 Å². The van der Waals surface area contributed by atoms with Gasteiger partial charge in [-0.25, -0.2) is 4.98 Å². The second kappa shape index (κ2) is 4.42. The summed E-state index contributed by atoms with van der Waals surface area (Å²) in [4.78, 5) is 20.6. The number of nitrogens with zero attached hydrogens (tertiary/aromatic N) is 2. The van der Waals surface area contributed by atoms with Gasteiger partial charge in [-0.15, -0.1) is 0 Å². The van der Waals surface area contributed by atoms with Crippen molar-refractivity contribution < 1.29 is 0 Å². The fourth-order valence-corrected chi connectivity index (χ4v) is 3.20. The number of aromatic amines is 1. The number of aromatic nitrogens is 2. The molecule has 3 heterocycles. The zero-order valence-corrected chi connectivity index (χ0v) is 11.0. The molecule has 2 unspecified atom stereocenters. The predicted octanol–water partition coefficient (Wildman–Crippen LogP) is 0.863. The molecule has 0 saturated carbocycles. The third-order valence-electron chi connectivity index (χ3n) is 3.60. The lowest BCUT2D eigenvalue weighted by Crippen LogP contribution is -2.36. The number of fused-ring (bicyclic) bond motifs is 2. The Morgan fingerprint density at radius 3 is 3.06 bits per heavy atom. The Hall–Kier alpha value is -0.880. The first-order valence-electron chi connectivity index (χ1n) is 5.98. The first-order valence-corrected chi connectivity index (χ1v) is 6.77. The minimum Gasteiger partial charge on any atom is -0.354 e. The van der Waals surface area contributed by atoms with E-state index in [0.717, 1.165) is 25.3 Å². The first-order chi connectivity index (χ1) is 8.24. The van der Waals surface area contributed by atoms with Gasteiger partial charge in [-0.3, -0.25) is 4.79 Å². The summed E-state index contributed by atoms with van der Waals surface area (Å²) in [6.07, 6.45) is 5.10. The summed E-state index contributed by atoms with van der Waals surface area (Å²) in [5, 5.41) is 3.62. The van der Waals surface area contributed by atoms with Crippen molar-refractivity contribution in [2.75, 3.05) is 18.0 Å². The van der Waals surface area contributed by atoms with Gasteiger partial charge in [0, 0.05) is 25.2 Å². The van der Waals surface area contributed by atoms with Gasteiger partial charge in [0.25, 0.3) is 5.56 Å². The van der Waals surface area contributed by atoms with Crippen LogP contribution < -0.4 is 15.8 Å². The molecule has 0 aromatic carbocycles. The summed E-state index contributed by atoms with van der Waals surface area (Å²) >= 11 is 3.33. The second-order valence-corrected chi connectivity index (χ2v) is 5.53. The normalized spacial score (nSPS) is 28.2. The highest BCUT2D eigenvalue weighted by Gasteiger charge is 2.30. The van der Waals surface area contributed by atoms with E-state index in [-0.39, 0.29) is 5.56 Å². The van der Waals surface area contributed by atoms with Crippen molar-refractivity contribution in [3.63, 3.8) is 0 Å². The fourth-order valence-electron chi connectivity index (χ4n) is 2.73. The molecular formula is C11H15BrN4O. The minimum absolute atomic E-state index is 0.114. The number of hydrogen-bond acceptors (Lipinski definition) is 4. The van der Waals surface area contributed by atoms with Crippen molar-refractivity contribution in [1.29, 1.82) is 0 Å². The fraction of sp³-hybridized carbons (Fsp3) is 0.636. The SMILES string of the molecule is O=c1[nH]cnc(N2CCC3CCC(C2)N3)c1Br. The van der Waals surface area contributed by atoms with Crippen molar-refractivity contribution in [1.82, 2.24) is 15.3 Å². The number of hydrogen-bond donors (Lipinski definition) is 2. The zero-order valence-electron chi connectivity index (χ0n) is 9.45. The largest absolute Gasteiger partial charge is 0.354 e. The molecule has 6 heteroatoms. The van der Waals surface area contributed by atoms with E-state index in [1.54, 1.807) is 0 Å². The smallest absolute Gasteiger partial charge is 0.267 e. The lowest BCUT2D eigenvalue weighted by Gasteiger charge is -2.25. The summed E-state index contributed by atoms with van der Waals surface area (Å²) in [6.45, 7) is 1.90. The van der Waals surface area contributed by atoms with Crippen molar-refractivity contribution in [2.24, 2.45) is 0 Å². The third-order valence-corrected chi connectivity index (χ3v) is 4.32. The van der Waals surface area contributed by atoms with E-state index >= 15 is 0 Å². The maximum Gasteiger partial charge on any atom is 0.267 e. The number of halogens is 1. The lowest BCUT2D eigenvalue weighted by atomic mass is 10.1. The monoisotopic (exact) mass is 298 g/mol. The van der Waals surface area contributed by atoms with Crippen molar-refractivity contribution in [2.45, 2.75) is 31.3 Å². The van der Waals surface area contributed by atoms with Gasteiger partial charge in [-0.05, 0) is 35.2 Å². The maximum absolute atomic E-state index is 11.5.